The van der Waals surface area contributed by atoms with Gasteiger partial charge in [-0.2, -0.15) is 0 Å². The molecule has 1 aliphatic rings. The van der Waals surface area contributed by atoms with Crippen LogP contribution in [0.15, 0.2) is 51.4 Å². The quantitative estimate of drug-likeness (QED) is 0.441. The number of methoxy groups -OCH3 is 2. The minimum atomic E-state index is -0.943. The number of hydrogen-bond acceptors (Lipinski definition) is 10. The van der Waals surface area contributed by atoms with Crippen molar-refractivity contribution in [3.05, 3.63) is 69.0 Å². The van der Waals surface area contributed by atoms with E-state index in [1.807, 2.05) is 0 Å². The van der Waals surface area contributed by atoms with Gasteiger partial charge in [0.15, 0.2) is 6.61 Å². The first kappa shape index (κ1) is 23.3. The van der Waals surface area contributed by atoms with Crippen LogP contribution in [0.2, 0.25) is 0 Å². The van der Waals surface area contributed by atoms with Gasteiger partial charge in [0, 0.05) is 11.4 Å². The Morgan fingerprint density at radius 1 is 1.15 bits per heavy atom. The van der Waals surface area contributed by atoms with E-state index in [-0.39, 0.29) is 39.8 Å². The van der Waals surface area contributed by atoms with Gasteiger partial charge in [-0.1, -0.05) is 12.1 Å². The maximum Gasteiger partial charge on any atom is 0.336 e. The Morgan fingerprint density at radius 2 is 1.76 bits per heavy atom. The van der Waals surface area contributed by atoms with Crippen LogP contribution in [0, 0.1) is 5.21 Å². The number of nitrogens with zero attached hydrogens (tertiary/aromatic N) is 2. The predicted octanol–water partition coefficient (Wildman–Crippen LogP) is 0.567. The zero-order chi connectivity index (χ0) is 24.3. The number of esters is 2. The molecule has 0 atom stereocenters. The van der Waals surface area contributed by atoms with Crippen LogP contribution in [-0.2, 0) is 25.7 Å². The average Bonchev–Trinajstić information content (AvgIpc) is 3.17. The van der Waals surface area contributed by atoms with E-state index in [0.717, 1.165) is 0 Å². The number of ether oxygens (including phenoxy) is 3. The molecule has 33 heavy (non-hydrogen) atoms. The van der Waals surface area contributed by atoms with Crippen molar-refractivity contribution in [3.63, 3.8) is 0 Å². The van der Waals surface area contributed by atoms with Crippen molar-refractivity contribution in [3.8, 4) is 5.75 Å². The minimum Gasteiger partial charge on any atom is -0.485 e. The van der Waals surface area contributed by atoms with Crippen LogP contribution in [-0.4, -0.2) is 37.2 Å². The van der Waals surface area contributed by atoms with Crippen molar-refractivity contribution in [2.45, 2.75) is 26.4 Å². The molecule has 3 rings (SSSR count). The summed E-state index contributed by atoms with van der Waals surface area (Å²) >= 11 is 0. The molecular weight excluding hydrogens is 436 g/mol. The number of hydrogen-bond donors (Lipinski definition) is 2. The highest BCUT2D eigenvalue weighted by Crippen LogP contribution is 2.40. The zero-order valence-corrected chi connectivity index (χ0v) is 18.3. The number of dihydropyridines is 1. The van der Waals surface area contributed by atoms with Crippen LogP contribution < -0.4 is 20.7 Å². The summed E-state index contributed by atoms with van der Waals surface area (Å²) in [7, 11) is 2.49. The number of primary amides is 1. The van der Waals surface area contributed by atoms with E-state index >= 15 is 0 Å². The number of carbonyl (C=O) groups is 3. The molecular formula is C21H22N4O8. The van der Waals surface area contributed by atoms with Crippen LogP contribution >= 0.6 is 0 Å². The molecule has 1 aromatic heterocycles. The van der Waals surface area contributed by atoms with E-state index in [0.29, 0.717) is 17.0 Å². The summed E-state index contributed by atoms with van der Waals surface area (Å²) < 4.78 is 19.9. The summed E-state index contributed by atoms with van der Waals surface area (Å²) in [5, 5.41) is 18.1. The summed E-state index contributed by atoms with van der Waals surface area (Å²) in [4.78, 5) is 36.6. The lowest BCUT2D eigenvalue weighted by molar-refractivity contribution is -0.808. The van der Waals surface area contributed by atoms with Gasteiger partial charge < -0.3 is 30.5 Å². The third-order valence-corrected chi connectivity index (χ3v) is 5.07. The van der Waals surface area contributed by atoms with Crippen LogP contribution in [0.1, 0.15) is 41.5 Å². The van der Waals surface area contributed by atoms with Crippen LogP contribution in [0.3, 0.4) is 0 Å². The number of allylic oxidation sites excluding steroid dienone is 2. The van der Waals surface area contributed by atoms with Crippen LogP contribution in [0.25, 0.3) is 0 Å². The second kappa shape index (κ2) is 9.42. The van der Waals surface area contributed by atoms with Crippen molar-refractivity contribution < 1.29 is 38.1 Å². The van der Waals surface area contributed by atoms with E-state index in [1.54, 1.807) is 38.1 Å². The summed E-state index contributed by atoms with van der Waals surface area (Å²) in [5.41, 5.74) is 6.66. The number of aromatic nitrogens is 2. The summed E-state index contributed by atoms with van der Waals surface area (Å²) in [5.74, 6) is -2.70. The lowest BCUT2D eigenvalue weighted by Gasteiger charge is -2.30. The van der Waals surface area contributed by atoms with Gasteiger partial charge in [0.1, 0.15) is 5.75 Å². The molecule has 0 saturated carbocycles. The lowest BCUT2D eigenvalue weighted by Crippen LogP contribution is -2.32. The predicted molar refractivity (Wildman–Crippen MR) is 110 cm³/mol. The maximum atomic E-state index is 12.6. The Hall–Kier alpha value is -4.35. The third kappa shape index (κ3) is 4.49. The molecule has 3 N–H and O–H groups in total. The maximum absolute atomic E-state index is 12.6. The smallest absolute Gasteiger partial charge is 0.336 e. The highest BCUT2D eigenvalue weighted by molar-refractivity contribution is 5.99. The van der Waals surface area contributed by atoms with E-state index in [1.165, 1.54) is 14.2 Å². The van der Waals surface area contributed by atoms with Gasteiger partial charge in [-0.25, -0.2) is 9.59 Å². The van der Waals surface area contributed by atoms with Gasteiger partial charge >= 0.3 is 17.6 Å². The van der Waals surface area contributed by atoms with E-state index < -0.39 is 23.8 Å². The van der Waals surface area contributed by atoms with Gasteiger partial charge in [-0.3, -0.25) is 9.42 Å². The fraction of sp³-hybridized carbons (Fsp3) is 0.286. The molecule has 0 fully saturated rings. The molecule has 0 bridgehead atoms. The highest BCUT2D eigenvalue weighted by Gasteiger charge is 2.37. The van der Waals surface area contributed by atoms with E-state index in [4.69, 9.17) is 19.9 Å². The number of rotatable bonds is 7. The number of amides is 1. The Bertz CT molecular complexity index is 1140. The topological polar surface area (TPSA) is 170 Å². The van der Waals surface area contributed by atoms with Gasteiger partial charge in [0.25, 0.3) is 5.91 Å². The van der Waals surface area contributed by atoms with Crippen molar-refractivity contribution in [2.24, 2.45) is 5.73 Å². The monoisotopic (exact) mass is 458 g/mol. The Balaban J connectivity index is 2.01. The second-order valence-electron chi connectivity index (χ2n) is 7.07. The lowest BCUT2D eigenvalue weighted by atomic mass is 9.80. The highest BCUT2D eigenvalue weighted by atomic mass is 16.8. The van der Waals surface area contributed by atoms with E-state index in [2.05, 4.69) is 15.1 Å². The molecule has 0 saturated heterocycles. The molecule has 1 aromatic carbocycles. The van der Waals surface area contributed by atoms with Gasteiger partial charge in [-0.15, -0.1) is 0 Å². The van der Waals surface area contributed by atoms with Crippen LogP contribution in [0.5, 0.6) is 5.75 Å². The Morgan fingerprint density at radius 3 is 2.30 bits per heavy atom. The van der Waals surface area contributed by atoms with E-state index in [9.17, 15) is 19.6 Å². The molecule has 0 spiro atoms. The fourth-order valence-corrected chi connectivity index (χ4v) is 3.60. The SMILES string of the molecule is COC(=O)C1=C(C)NC(C)=C(C(=O)OC)C1c1cccc(OCc2c(C(N)=O)no[n+]2[O-])c1. The first-order valence-corrected chi connectivity index (χ1v) is 9.65. The number of nitrogens with one attached hydrogen (secondary N) is 1. The van der Waals surface area contributed by atoms with Crippen molar-refractivity contribution >= 4 is 17.8 Å². The number of carbonyl (C=O) groups excluding carboxylic acids is 3. The molecule has 12 nitrogen and oxygen atoms in total. The number of benzene rings is 1. The Kier molecular flexibility index (Phi) is 6.66. The fourth-order valence-electron chi connectivity index (χ4n) is 3.60. The molecule has 12 heteroatoms. The van der Waals surface area contributed by atoms with Gasteiger partial charge in [0.05, 0.1) is 36.4 Å². The van der Waals surface area contributed by atoms with Crippen LogP contribution in [0.4, 0.5) is 0 Å². The molecule has 2 heterocycles. The largest absolute Gasteiger partial charge is 0.485 e. The normalized spacial score (nSPS) is 14.1. The second-order valence-corrected chi connectivity index (χ2v) is 7.07. The van der Waals surface area contributed by atoms with Crippen molar-refractivity contribution in [1.29, 1.82) is 0 Å². The van der Waals surface area contributed by atoms with Crippen molar-refractivity contribution in [2.75, 3.05) is 14.2 Å². The van der Waals surface area contributed by atoms with Gasteiger partial charge in [-0.05, 0) is 36.4 Å². The van der Waals surface area contributed by atoms with Crippen molar-refractivity contribution in [1.82, 2.24) is 10.5 Å². The summed E-state index contributed by atoms with van der Waals surface area (Å²) in [6.07, 6.45) is 0. The molecule has 0 radical (unpaired) electrons. The molecule has 0 unspecified atom stereocenters. The minimum absolute atomic E-state index is 0.0274. The number of nitrogens with two attached hydrogens (primary N) is 1. The standard InChI is InChI=1S/C21H22N4O8/c1-10-15(20(27)30-3)17(16(11(2)23-10)21(28)31-4)12-6-5-7-13(8-12)32-9-14-18(19(22)26)24-33-25(14)29/h5-8,17,23H,9H2,1-4H3,(H2,22,26). The summed E-state index contributed by atoms with van der Waals surface area (Å²) in [6.45, 7) is 3.03. The molecule has 1 amide bonds. The molecule has 174 valence electrons. The first-order valence-electron chi connectivity index (χ1n) is 9.65. The van der Waals surface area contributed by atoms with Gasteiger partial charge in [0.2, 0.25) is 5.69 Å². The Labute approximate surface area is 188 Å². The first-order chi connectivity index (χ1) is 15.7. The summed E-state index contributed by atoms with van der Waals surface area (Å²) in [6, 6.07) is 6.54. The third-order valence-electron chi connectivity index (χ3n) is 5.07. The average molecular weight is 458 g/mol. The molecule has 1 aliphatic heterocycles. The zero-order valence-electron chi connectivity index (χ0n) is 18.3. The molecule has 2 aromatic rings. The molecule has 0 aliphatic carbocycles.